The molecule has 1 aromatic heterocycles. The largest absolute Gasteiger partial charge is 0.359 e. The van der Waals surface area contributed by atoms with Crippen LogP contribution in [0.3, 0.4) is 0 Å². The van der Waals surface area contributed by atoms with E-state index in [0.29, 0.717) is 0 Å². The molecule has 2 rings (SSSR count). The number of hydrogen-bond acceptors (Lipinski definition) is 3. The van der Waals surface area contributed by atoms with Crippen molar-refractivity contribution in [2.75, 3.05) is 25.0 Å². The average Bonchev–Trinajstić information content (AvgIpc) is 2.52. The maximum atomic E-state index is 4.89. The maximum absolute atomic E-state index is 4.89. The van der Waals surface area contributed by atoms with Gasteiger partial charge in [-0.25, -0.2) is 4.98 Å². The van der Waals surface area contributed by atoms with Crippen LogP contribution in [0.15, 0.2) is 30.3 Å². The van der Waals surface area contributed by atoms with E-state index >= 15 is 0 Å². The SMILES string of the molecule is CCCCCN(C)c1nc2ccccc2cc1CNCC. The number of unbranched alkanes of at least 4 members (excludes halogenated alkanes) is 2. The van der Waals surface area contributed by atoms with Crippen molar-refractivity contribution in [1.82, 2.24) is 10.3 Å². The Morgan fingerprint density at radius 1 is 1.14 bits per heavy atom. The van der Waals surface area contributed by atoms with Gasteiger partial charge in [0, 0.05) is 31.1 Å². The van der Waals surface area contributed by atoms with Crippen LogP contribution >= 0.6 is 0 Å². The zero-order chi connectivity index (χ0) is 15.1. The van der Waals surface area contributed by atoms with Gasteiger partial charge in [-0.1, -0.05) is 44.9 Å². The summed E-state index contributed by atoms with van der Waals surface area (Å²) >= 11 is 0. The van der Waals surface area contributed by atoms with Crippen molar-refractivity contribution < 1.29 is 0 Å². The fraction of sp³-hybridized carbons (Fsp3) is 0.500. The monoisotopic (exact) mass is 285 g/mol. The molecule has 1 heterocycles. The molecule has 0 fully saturated rings. The van der Waals surface area contributed by atoms with Gasteiger partial charge in [-0.2, -0.15) is 0 Å². The van der Waals surface area contributed by atoms with E-state index in [-0.39, 0.29) is 0 Å². The van der Waals surface area contributed by atoms with E-state index in [1.54, 1.807) is 0 Å². The van der Waals surface area contributed by atoms with Crippen molar-refractivity contribution >= 4 is 16.7 Å². The summed E-state index contributed by atoms with van der Waals surface area (Å²) < 4.78 is 0. The van der Waals surface area contributed by atoms with Crippen molar-refractivity contribution in [3.05, 3.63) is 35.9 Å². The summed E-state index contributed by atoms with van der Waals surface area (Å²) in [6.07, 6.45) is 3.76. The third-order valence-electron chi connectivity index (χ3n) is 3.80. The molecule has 0 aliphatic carbocycles. The molecule has 21 heavy (non-hydrogen) atoms. The number of aromatic nitrogens is 1. The third-order valence-corrected chi connectivity index (χ3v) is 3.80. The Hall–Kier alpha value is -1.61. The molecular weight excluding hydrogens is 258 g/mol. The highest BCUT2D eigenvalue weighted by Gasteiger charge is 2.10. The minimum absolute atomic E-state index is 0.877. The topological polar surface area (TPSA) is 28.2 Å². The first-order chi connectivity index (χ1) is 10.3. The summed E-state index contributed by atoms with van der Waals surface area (Å²) in [6.45, 7) is 7.30. The predicted molar refractivity (Wildman–Crippen MR) is 91.9 cm³/mol. The first-order valence-corrected chi connectivity index (χ1v) is 8.06. The molecule has 1 N–H and O–H groups in total. The van der Waals surface area contributed by atoms with Crippen molar-refractivity contribution in [3.63, 3.8) is 0 Å². The Morgan fingerprint density at radius 3 is 2.71 bits per heavy atom. The van der Waals surface area contributed by atoms with Crippen LogP contribution in [0.2, 0.25) is 0 Å². The van der Waals surface area contributed by atoms with E-state index in [1.165, 1.54) is 30.2 Å². The van der Waals surface area contributed by atoms with Crippen LogP contribution in [0.25, 0.3) is 10.9 Å². The zero-order valence-corrected chi connectivity index (χ0v) is 13.5. The van der Waals surface area contributed by atoms with E-state index < -0.39 is 0 Å². The molecule has 0 spiro atoms. The van der Waals surface area contributed by atoms with Gasteiger partial charge in [-0.15, -0.1) is 0 Å². The molecular formula is C18H27N3. The number of anilines is 1. The first-order valence-electron chi connectivity index (χ1n) is 8.06. The molecule has 114 valence electrons. The number of nitrogens with one attached hydrogen (secondary N) is 1. The quantitative estimate of drug-likeness (QED) is 0.744. The van der Waals surface area contributed by atoms with Crippen molar-refractivity contribution in [3.8, 4) is 0 Å². The highest BCUT2D eigenvalue weighted by Crippen LogP contribution is 2.23. The Morgan fingerprint density at radius 2 is 1.95 bits per heavy atom. The fourth-order valence-corrected chi connectivity index (χ4v) is 2.57. The van der Waals surface area contributed by atoms with Crippen LogP contribution in [0, 0.1) is 0 Å². The summed E-state index contributed by atoms with van der Waals surface area (Å²) in [6, 6.07) is 10.6. The Labute approximate surface area is 128 Å². The second-order valence-electron chi connectivity index (χ2n) is 5.57. The lowest BCUT2D eigenvalue weighted by Crippen LogP contribution is -2.23. The Bertz CT molecular complexity index is 565. The highest BCUT2D eigenvalue weighted by molar-refractivity contribution is 5.81. The van der Waals surface area contributed by atoms with Crippen LogP contribution in [0.4, 0.5) is 5.82 Å². The standard InChI is InChI=1S/C18H27N3/c1-4-6-9-12-21(3)18-16(14-19-5-2)13-15-10-7-8-11-17(15)20-18/h7-8,10-11,13,19H,4-6,9,12,14H2,1-3H3. The van der Waals surface area contributed by atoms with E-state index in [0.717, 1.165) is 31.0 Å². The molecule has 0 aliphatic heterocycles. The van der Waals surface area contributed by atoms with E-state index in [9.17, 15) is 0 Å². The van der Waals surface area contributed by atoms with E-state index in [2.05, 4.69) is 61.4 Å². The Balaban J connectivity index is 2.28. The van der Waals surface area contributed by atoms with Crippen LogP contribution < -0.4 is 10.2 Å². The number of benzene rings is 1. The van der Waals surface area contributed by atoms with Crippen molar-refractivity contribution in [2.24, 2.45) is 0 Å². The van der Waals surface area contributed by atoms with E-state index in [4.69, 9.17) is 4.98 Å². The van der Waals surface area contributed by atoms with Crippen molar-refractivity contribution in [2.45, 2.75) is 39.7 Å². The maximum Gasteiger partial charge on any atom is 0.133 e. The smallest absolute Gasteiger partial charge is 0.133 e. The van der Waals surface area contributed by atoms with Gasteiger partial charge in [0.1, 0.15) is 5.82 Å². The number of nitrogens with zero attached hydrogens (tertiary/aromatic N) is 2. The molecule has 0 amide bonds. The highest BCUT2D eigenvalue weighted by atomic mass is 15.2. The lowest BCUT2D eigenvalue weighted by molar-refractivity contribution is 0.690. The van der Waals surface area contributed by atoms with Gasteiger partial charge in [-0.3, -0.25) is 0 Å². The predicted octanol–water partition coefficient (Wildman–Crippen LogP) is 3.97. The van der Waals surface area contributed by atoms with Crippen LogP contribution in [0.1, 0.15) is 38.7 Å². The minimum atomic E-state index is 0.877. The van der Waals surface area contributed by atoms with Crippen LogP contribution in [0.5, 0.6) is 0 Å². The molecule has 3 nitrogen and oxygen atoms in total. The lowest BCUT2D eigenvalue weighted by atomic mass is 10.1. The molecule has 0 bridgehead atoms. The van der Waals surface area contributed by atoms with Gasteiger partial charge in [0.25, 0.3) is 0 Å². The molecule has 1 aromatic carbocycles. The average molecular weight is 285 g/mol. The summed E-state index contributed by atoms with van der Waals surface area (Å²) in [7, 11) is 2.15. The molecule has 0 unspecified atom stereocenters. The molecule has 0 saturated heterocycles. The number of hydrogen-bond donors (Lipinski definition) is 1. The summed E-state index contributed by atoms with van der Waals surface area (Å²) in [4.78, 5) is 7.19. The molecule has 0 saturated carbocycles. The third kappa shape index (κ3) is 4.18. The number of pyridine rings is 1. The minimum Gasteiger partial charge on any atom is -0.359 e. The molecule has 0 atom stereocenters. The van der Waals surface area contributed by atoms with Crippen LogP contribution in [-0.2, 0) is 6.54 Å². The lowest BCUT2D eigenvalue weighted by Gasteiger charge is -2.22. The second kappa shape index (κ2) is 7.99. The first kappa shape index (κ1) is 15.8. The number of rotatable bonds is 8. The van der Waals surface area contributed by atoms with Gasteiger partial charge >= 0.3 is 0 Å². The second-order valence-corrected chi connectivity index (χ2v) is 5.57. The zero-order valence-electron chi connectivity index (χ0n) is 13.5. The van der Waals surface area contributed by atoms with Gasteiger partial charge in [0.15, 0.2) is 0 Å². The summed E-state index contributed by atoms with van der Waals surface area (Å²) in [5.74, 6) is 1.12. The Kier molecular flexibility index (Phi) is 6.00. The molecule has 0 aliphatic rings. The summed E-state index contributed by atoms with van der Waals surface area (Å²) in [5, 5.41) is 4.64. The van der Waals surface area contributed by atoms with E-state index in [1.807, 2.05) is 0 Å². The van der Waals surface area contributed by atoms with Gasteiger partial charge < -0.3 is 10.2 Å². The van der Waals surface area contributed by atoms with Crippen LogP contribution in [-0.4, -0.2) is 25.1 Å². The molecule has 0 radical (unpaired) electrons. The molecule has 2 aromatic rings. The number of fused-ring (bicyclic) bond motifs is 1. The van der Waals surface area contributed by atoms with Gasteiger partial charge in [0.2, 0.25) is 0 Å². The fourth-order valence-electron chi connectivity index (χ4n) is 2.57. The van der Waals surface area contributed by atoms with Gasteiger partial charge in [-0.05, 0) is 25.1 Å². The van der Waals surface area contributed by atoms with Gasteiger partial charge in [0.05, 0.1) is 5.52 Å². The molecule has 3 heteroatoms. The number of para-hydroxylation sites is 1. The normalized spacial score (nSPS) is 11.0. The van der Waals surface area contributed by atoms with Crippen molar-refractivity contribution in [1.29, 1.82) is 0 Å². The summed E-state index contributed by atoms with van der Waals surface area (Å²) in [5.41, 5.74) is 2.37.